The minimum Gasteiger partial charge on any atom is -0.383 e. The molecule has 1 aliphatic rings. The molecule has 0 unspecified atom stereocenters. The summed E-state index contributed by atoms with van der Waals surface area (Å²) < 4.78 is 0. The molecule has 110 valence electrons. The van der Waals surface area contributed by atoms with Crippen LogP contribution < -0.4 is 5.73 Å². The Morgan fingerprint density at radius 2 is 1.90 bits per heavy atom. The standard InChI is InChI=1S/C18H23N3/c1-13-10-17(12-20-18(13)19)16-7-5-6-15(11-16)14(2)21-8-3-4-9-21/h5-7,10-12,14H,3-4,8-9H2,1-2H3,(H2,19,20)/t14-/m0/s1. The number of benzene rings is 1. The molecule has 1 atom stereocenters. The molecule has 0 bridgehead atoms. The Balaban J connectivity index is 1.90. The quantitative estimate of drug-likeness (QED) is 0.930. The minimum absolute atomic E-state index is 0.482. The van der Waals surface area contributed by atoms with E-state index in [4.69, 9.17) is 5.73 Å². The van der Waals surface area contributed by atoms with E-state index in [0.29, 0.717) is 11.9 Å². The average molecular weight is 281 g/mol. The van der Waals surface area contributed by atoms with E-state index in [1.807, 2.05) is 13.1 Å². The highest BCUT2D eigenvalue weighted by molar-refractivity contribution is 5.66. The number of nitrogens with two attached hydrogens (primary N) is 1. The van der Waals surface area contributed by atoms with E-state index >= 15 is 0 Å². The zero-order valence-corrected chi connectivity index (χ0v) is 12.8. The zero-order valence-electron chi connectivity index (χ0n) is 12.8. The van der Waals surface area contributed by atoms with Crippen LogP contribution in [0.2, 0.25) is 0 Å². The van der Waals surface area contributed by atoms with Gasteiger partial charge in [-0.25, -0.2) is 4.98 Å². The van der Waals surface area contributed by atoms with Crippen LogP contribution in [0.3, 0.4) is 0 Å². The Kier molecular flexibility index (Phi) is 3.93. The number of pyridine rings is 1. The molecule has 0 aliphatic carbocycles. The van der Waals surface area contributed by atoms with Crippen molar-refractivity contribution in [1.29, 1.82) is 0 Å². The SMILES string of the molecule is Cc1cc(-c2cccc([C@H](C)N3CCCC3)c2)cnc1N. The van der Waals surface area contributed by atoms with Crippen LogP contribution >= 0.6 is 0 Å². The molecular formula is C18H23N3. The van der Waals surface area contributed by atoms with E-state index in [1.165, 1.54) is 37.1 Å². The largest absolute Gasteiger partial charge is 0.383 e. The van der Waals surface area contributed by atoms with E-state index in [-0.39, 0.29) is 0 Å². The summed E-state index contributed by atoms with van der Waals surface area (Å²) in [5.74, 6) is 0.611. The molecule has 3 nitrogen and oxygen atoms in total. The highest BCUT2D eigenvalue weighted by Gasteiger charge is 2.19. The molecule has 2 aromatic rings. The molecular weight excluding hydrogens is 258 g/mol. The van der Waals surface area contributed by atoms with Crippen LogP contribution in [0.25, 0.3) is 11.1 Å². The summed E-state index contributed by atoms with van der Waals surface area (Å²) in [7, 11) is 0. The molecule has 0 radical (unpaired) electrons. The third-order valence-electron chi connectivity index (χ3n) is 4.51. The van der Waals surface area contributed by atoms with Crippen molar-refractivity contribution in [1.82, 2.24) is 9.88 Å². The molecule has 1 fully saturated rings. The second-order valence-electron chi connectivity index (χ2n) is 5.97. The number of hydrogen-bond donors (Lipinski definition) is 1. The lowest BCUT2D eigenvalue weighted by Gasteiger charge is -2.24. The number of rotatable bonds is 3. The van der Waals surface area contributed by atoms with Gasteiger partial charge in [-0.15, -0.1) is 0 Å². The van der Waals surface area contributed by atoms with Gasteiger partial charge in [0.05, 0.1) is 0 Å². The zero-order chi connectivity index (χ0) is 14.8. The summed E-state index contributed by atoms with van der Waals surface area (Å²) in [6.07, 6.45) is 4.51. The van der Waals surface area contributed by atoms with Crippen LogP contribution in [0.4, 0.5) is 5.82 Å². The molecule has 21 heavy (non-hydrogen) atoms. The van der Waals surface area contributed by atoms with Crippen molar-refractivity contribution in [2.45, 2.75) is 32.7 Å². The number of anilines is 1. The van der Waals surface area contributed by atoms with E-state index in [1.54, 1.807) is 0 Å². The van der Waals surface area contributed by atoms with Gasteiger partial charge in [-0.05, 0) is 68.6 Å². The fourth-order valence-electron chi connectivity index (χ4n) is 3.06. The van der Waals surface area contributed by atoms with Gasteiger partial charge in [-0.3, -0.25) is 4.90 Å². The first-order chi connectivity index (χ1) is 10.1. The van der Waals surface area contributed by atoms with Gasteiger partial charge in [0.15, 0.2) is 0 Å². The van der Waals surface area contributed by atoms with Crippen molar-refractivity contribution in [3.8, 4) is 11.1 Å². The summed E-state index contributed by atoms with van der Waals surface area (Å²) in [4.78, 5) is 6.84. The number of aromatic nitrogens is 1. The first-order valence-corrected chi connectivity index (χ1v) is 7.71. The molecule has 3 heteroatoms. The van der Waals surface area contributed by atoms with Crippen LogP contribution in [0.15, 0.2) is 36.5 Å². The summed E-state index contributed by atoms with van der Waals surface area (Å²) in [6, 6.07) is 11.4. The molecule has 0 saturated carbocycles. The molecule has 2 N–H and O–H groups in total. The van der Waals surface area contributed by atoms with Crippen molar-refractivity contribution >= 4 is 5.82 Å². The summed E-state index contributed by atoms with van der Waals surface area (Å²) >= 11 is 0. The average Bonchev–Trinajstić information content (AvgIpc) is 3.04. The number of hydrogen-bond acceptors (Lipinski definition) is 3. The van der Waals surface area contributed by atoms with Gasteiger partial charge in [0, 0.05) is 17.8 Å². The first-order valence-electron chi connectivity index (χ1n) is 7.71. The fourth-order valence-corrected chi connectivity index (χ4v) is 3.06. The fraction of sp³-hybridized carbons (Fsp3) is 0.389. The van der Waals surface area contributed by atoms with Crippen LogP contribution in [0.1, 0.15) is 36.9 Å². The van der Waals surface area contributed by atoms with Crippen LogP contribution in [0.5, 0.6) is 0 Å². The smallest absolute Gasteiger partial charge is 0.126 e. The van der Waals surface area contributed by atoms with Gasteiger partial charge in [-0.1, -0.05) is 18.2 Å². The predicted molar refractivity (Wildman–Crippen MR) is 88.0 cm³/mol. The van der Waals surface area contributed by atoms with Crippen molar-refractivity contribution in [2.75, 3.05) is 18.8 Å². The van der Waals surface area contributed by atoms with Crippen molar-refractivity contribution in [2.24, 2.45) is 0 Å². The normalized spacial score (nSPS) is 17.0. The summed E-state index contributed by atoms with van der Waals surface area (Å²) in [5.41, 5.74) is 10.6. The van der Waals surface area contributed by atoms with E-state index in [0.717, 1.165) is 11.1 Å². The lowest BCUT2D eigenvalue weighted by atomic mass is 10.00. The number of nitrogens with zero attached hydrogens (tertiary/aromatic N) is 2. The highest BCUT2D eigenvalue weighted by Crippen LogP contribution is 2.28. The lowest BCUT2D eigenvalue weighted by molar-refractivity contribution is 0.263. The molecule has 1 aliphatic heterocycles. The number of nitrogen functional groups attached to an aromatic ring is 1. The third kappa shape index (κ3) is 2.93. The Morgan fingerprint density at radius 3 is 2.62 bits per heavy atom. The molecule has 1 saturated heterocycles. The predicted octanol–water partition coefficient (Wildman–Crippen LogP) is 3.80. The van der Waals surface area contributed by atoms with E-state index < -0.39 is 0 Å². The van der Waals surface area contributed by atoms with Crippen molar-refractivity contribution in [3.05, 3.63) is 47.7 Å². The molecule has 0 spiro atoms. The monoisotopic (exact) mass is 281 g/mol. The minimum atomic E-state index is 0.482. The first kappa shape index (κ1) is 14.1. The van der Waals surface area contributed by atoms with Gasteiger partial charge < -0.3 is 5.73 Å². The Hall–Kier alpha value is -1.87. The molecule has 0 amide bonds. The Morgan fingerprint density at radius 1 is 1.14 bits per heavy atom. The molecule has 1 aromatic carbocycles. The van der Waals surface area contributed by atoms with E-state index in [2.05, 4.69) is 47.1 Å². The highest BCUT2D eigenvalue weighted by atomic mass is 15.2. The Bertz CT molecular complexity index is 630. The maximum absolute atomic E-state index is 5.81. The summed E-state index contributed by atoms with van der Waals surface area (Å²) in [5, 5.41) is 0. The second-order valence-corrected chi connectivity index (χ2v) is 5.97. The van der Waals surface area contributed by atoms with Crippen LogP contribution in [0, 0.1) is 6.92 Å². The summed E-state index contributed by atoms with van der Waals surface area (Å²) in [6.45, 7) is 6.74. The molecule has 1 aromatic heterocycles. The van der Waals surface area contributed by atoms with Gasteiger partial charge in [0.2, 0.25) is 0 Å². The van der Waals surface area contributed by atoms with Gasteiger partial charge in [0.25, 0.3) is 0 Å². The number of aryl methyl sites for hydroxylation is 1. The van der Waals surface area contributed by atoms with Gasteiger partial charge in [-0.2, -0.15) is 0 Å². The topological polar surface area (TPSA) is 42.2 Å². The van der Waals surface area contributed by atoms with Crippen LogP contribution in [-0.2, 0) is 0 Å². The van der Waals surface area contributed by atoms with Crippen molar-refractivity contribution < 1.29 is 0 Å². The maximum Gasteiger partial charge on any atom is 0.126 e. The maximum atomic E-state index is 5.81. The Labute approximate surface area is 126 Å². The van der Waals surface area contributed by atoms with Gasteiger partial charge in [0.1, 0.15) is 5.82 Å². The van der Waals surface area contributed by atoms with E-state index in [9.17, 15) is 0 Å². The van der Waals surface area contributed by atoms with Crippen LogP contribution in [-0.4, -0.2) is 23.0 Å². The third-order valence-corrected chi connectivity index (χ3v) is 4.51. The van der Waals surface area contributed by atoms with Crippen molar-refractivity contribution in [3.63, 3.8) is 0 Å². The lowest BCUT2D eigenvalue weighted by Crippen LogP contribution is -2.23. The molecule has 2 heterocycles. The second kappa shape index (κ2) is 5.86. The number of likely N-dealkylation sites (tertiary alicyclic amines) is 1. The molecule has 3 rings (SSSR count). The van der Waals surface area contributed by atoms with Gasteiger partial charge >= 0.3 is 0 Å².